The summed E-state index contributed by atoms with van der Waals surface area (Å²) >= 11 is 0. The van der Waals surface area contributed by atoms with Crippen molar-refractivity contribution in [3.8, 4) is 0 Å². The maximum absolute atomic E-state index is 12.0. The van der Waals surface area contributed by atoms with Crippen molar-refractivity contribution in [1.82, 2.24) is 5.32 Å². The van der Waals surface area contributed by atoms with Crippen LogP contribution < -0.4 is 5.32 Å². The molecule has 0 spiro atoms. The van der Waals surface area contributed by atoms with Gasteiger partial charge in [-0.25, -0.2) is 0 Å². The maximum atomic E-state index is 12.0. The zero-order valence-electron chi connectivity index (χ0n) is 8.78. The first kappa shape index (κ1) is 9.90. The van der Waals surface area contributed by atoms with Crippen molar-refractivity contribution in [3.05, 3.63) is 35.9 Å². The summed E-state index contributed by atoms with van der Waals surface area (Å²) in [5.41, 5.74) is -0.0537. The normalized spacial score (nSPS) is 24.0. The Labute approximate surface area is 88.5 Å². The molecule has 0 aliphatic carbocycles. The summed E-state index contributed by atoms with van der Waals surface area (Å²) in [7, 11) is 0. The number of rotatable bonds is 1. The van der Waals surface area contributed by atoms with Gasteiger partial charge in [0.15, 0.2) is 5.78 Å². The molecular weight excluding hydrogens is 190 g/mol. The third-order valence-electron chi connectivity index (χ3n) is 2.85. The van der Waals surface area contributed by atoms with Gasteiger partial charge >= 0.3 is 0 Å². The topological polar surface area (TPSA) is 46.2 Å². The summed E-state index contributed by atoms with van der Waals surface area (Å²) in [6, 6.07) is 8.83. The lowest BCUT2D eigenvalue weighted by atomic mass is 9.86. The maximum Gasteiger partial charge on any atom is 0.234 e. The van der Waals surface area contributed by atoms with Gasteiger partial charge in [0.05, 0.1) is 0 Å². The number of carbonyl (C=O) groups is 2. The third kappa shape index (κ3) is 1.44. The van der Waals surface area contributed by atoms with Gasteiger partial charge in [-0.15, -0.1) is 0 Å². The zero-order chi connectivity index (χ0) is 11.1. The van der Waals surface area contributed by atoms with E-state index in [9.17, 15) is 9.59 Å². The van der Waals surface area contributed by atoms with E-state index in [2.05, 4.69) is 5.32 Å². The minimum absolute atomic E-state index is 0.0568. The lowest BCUT2D eigenvalue weighted by molar-refractivity contribution is -0.133. The Morgan fingerprint density at radius 1 is 1.13 bits per heavy atom. The Kier molecular flexibility index (Phi) is 2.11. The molecule has 1 unspecified atom stereocenters. The second kappa shape index (κ2) is 3.19. The molecule has 1 amide bonds. The van der Waals surface area contributed by atoms with Crippen molar-refractivity contribution in [2.24, 2.45) is 5.41 Å². The number of benzene rings is 1. The Balaban J connectivity index is 2.36. The molecule has 1 atom stereocenters. The molecule has 0 saturated carbocycles. The number of hydrogen-bond acceptors (Lipinski definition) is 2. The van der Waals surface area contributed by atoms with Gasteiger partial charge in [0.25, 0.3) is 0 Å². The predicted octanol–water partition coefficient (Wildman–Crippen LogP) is 1.45. The second-order valence-electron chi connectivity index (χ2n) is 4.31. The Morgan fingerprint density at radius 3 is 2.20 bits per heavy atom. The molecule has 1 aliphatic heterocycles. The van der Waals surface area contributed by atoms with E-state index in [0.717, 1.165) is 5.56 Å². The fourth-order valence-corrected chi connectivity index (χ4v) is 1.73. The highest BCUT2D eigenvalue weighted by atomic mass is 16.2. The molecule has 0 radical (unpaired) electrons. The highest BCUT2D eigenvalue weighted by Gasteiger charge is 2.48. The number of carbonyl (C=O) groups excluding carboxylic acids is 2. The van der Waals surface area contributed by atoms with Crippen molar-refractivity contribution in [1.29, 1.82) is 0 Å². The molecule has 1 fully saturated rings. The van der Waals surface area contributed by atoms with E-state index >= 15 is 0 Å². The van der Waals surface area contributed by atoms with Crippen LogP contribution >= 0.6 is 0 Å². The number of Topliss-reactive ketones (excluding diaryl/α,β-unsaturated/α-hetero) is 1. The molecule has 1 N–H and O–H groups in total. The van der Waals surface area contributed by atoms with Crippen molar-refractivity contribution < 1.29 is 9.59 Å². The average molecular weight is 203 g/mol. The van der Waals surface area contributed by atoms with Gasteiger partial charge in [0, 0.05) is 0 Å². The molecule has 1 aromatic carbocycles. The molecule has 78 valence electrons. The molecule has 1 aliphatic rings. The number of hydrogen-bond donors (Lipinski definition) is 1. The van der Waals surface area contributed by atoms with E-state index < -0.39 is 11.5 Å². The molecule has 0 bridgehead atoms. The predicted molar refractivity (Wildman–Crippen MR) is 56.1 cm³/mol. The minimum Gasteiger partial charge on any atom is -0.341 e. The van der Waals surface area contributed by atoms with Crippen LogP contribution in [0.15, 0.2) is 30.3 Å². The first-order valence-electron chi connectivity index (χ1n) is 4.93. The van der Waals surface area contributed by atoms with Crippen LogP contribution in [0.5, 0.6) is 0 Å². The standard InChI is InChI=1S/C12H13NO2/c1-12(2)10(14)9(13-11(12)15)8-6-4-3-5-7-8/h3-7,9H,1-2H3,(H,13,15). The van der Waals surface area contributed by atoms with Crippen LogP contribution in [0.25, 0.3) is 0 Å². The molecule has 15 heavy (non-hydrogen) atoms. The lowest BCUT2D eigenvalue weighted by Gasteiger charge is -2.11. The summed E-state index contributed by atoms with van der Waals surface area (Å²) in [5.74, 6) is -0.250. The van der Waals surface area contributed by atoms with Gasteiger partial charge in [-0.3, -0.25) is 9.59 Å². The van der Waals surface area contributed by atoms with E-state index in [-0.39, 0.29) is 11.7 Å². The SMILES string of the molecule is CC1(C)C(=O)NC(c2ccccc2)C1=O. The lowest BCUT2D eigenvalue weighted by Crippen LogP contribution is -2.28. The molecule has 1 heterocycles. The average Bonchev–Trinajstić information content (AvgIpc) is 2.44. The monoisotopic (exact) mass is 203 g/mol. The Bertz CT molecular complexity index is 409. The van der Waals surface area contributed by atoms with Crippen LogP contribution in [-0.4, -0.2) is 11.7 Å². The van der Waals surface area contributed by atoms with E-state index in [1.165, 1.54) is 0 Å². The molecular formula is C12H13NO2. The first-order chi connectivity index (χ1) is 7.03. The van der Waals surface area contributed by atoms with Crippen molar-refractivity contribution in [3.63, 3.8) is 0 Å². The molecule has 3 nitrogen and oxygen atoms in total. The van der Waals surface area contributed by atoms with Crippen molar-refractivity contribution >= 4 is 11.7 Å². The summed E-state index contributed by atoms with van der Waals surface area (Å²) in [6.45, 7) is 3.32. The van der Waals surface area contributed by atoms with Crippen LogP contribution in [0.3, 0.4) is 0 Å². The number of amides is 1. The molecule has 0 aromatic heterocycles. The van der Waals surface area contributed by atoms with Gasteiger partial charge in [-0.2, -0.15) is 0 Å². The van der Waals surface area contributed by atoms with Gasteiger partial charge in [-0.05, 0) is 19.4 Å². The van der Waals surface area contributed by atoms with E-state index in [4.69, 9.17) is 0 Å². The largest absolute Gasteiger partial charge is 0.341 e. The molecule has 3 heteroatoms. The Morgan fingerprint density at radius 2 is 1.73 bits per heavy atom. The van der Waals surface area contributed by atoms with Gasteiger partial charge in [-0.1, -0.05) is 30.3 Å². The van der Waals surface area contributed by atoms with Crippen LogP contribution in [-0.2, 0) is 9.59 Å². The van der Waals surface area contributed by atoms with E-state index in [1.54, 1.807) is 13.8 Å². The number of ketones is 1. The third-order valence-corrected chi connectivity index (χ3v) is 2.85. The highest BCUT2D eigenvalue weighted by molar-refractivity contribution is 6.13. The second-order valence-corrected chi connectivity index (χ2v) is 4.31. The smallest absolute Gasteiger partial charge is 0.234 e. The van der Waals surface area contributed by atoms with Crippen LogP contribution in [0, 0.1) is 5.41 Å². The van der Waals surface area contributed by atoms with Crippen molar-refractivity contribution in [2.45, 2.75) is 19.9 Å². The first-order valence-corrected chi connectivity index (χ1v) is 4.93. The minimum atomic E-state index is -0.902. The van der Waals surface area contributed by atoms with Crippen LogP contribution in [0.4, 0.5) is 0 Å². The summed E-state index contributed by atoms with van der Waals surface area (Å²) in [4.78, 5) is 23.5. The molecule has 1 saturated heterocycles. The summed E-state index contributed by atoms with van der Waals surface area (Å²) < 4.78 is 0. The fourth-order valence-electron chi connectivity index (χ4n) is 1.73. The van der Waals surface area contributed by atoms with Crippen LogP contribution in [0.2, 0.25) is 0 Å². The summed E-state index contributed by atoms with van der Waals surface area (Å²) in [6.07, 6.45) is 0. The molecule has 2 rings (SSSR count). The van der Waals surface area contributed by atoms with E-state index in [1.807, 2.05) is 30.3 Å². The zero-order valence-corrected chi connectivity index (χ0v) is 8.78. The summed E-state index contributed by atoms with van der Waals surface area (Å²) in [5, 5.41) is 2.72. The Hall–Kier alpha value is -1.64. The van der Waals surface area contributed by atoms with Gasteiger partial charge in [0.2, 0.25) is 5.91 Å². The highest BCUT2D eigenvalue weighted by Crippen LogP contribution is 2.32. The van der Waals surface area contributed by atoms with Gasteiger partial charge < -0.3 is 5.32 Å². The van der Waals surface area contributed by atoms with E-state index in [0.29, 0.717) is 0 Å². The van der Waals surface area contributed by atoms with Crippen LogP contribution in [0.1, 0.15) is 25.5 Å². The van der Waals surface area contributed by atoms with Crippen molar-refractivity contribution in [2.75, 3.05) is 0 Å². The quantitative estimate of drug-likeness (QED) is 0.702. The number of nitrogens with one attached hydrogen (secondary N) is 1. The molecule has 1 aromatic rings. The fraction of sp³-hybridized carbons (Fsp3) is 0.333. The van der Waals surface area contributed by atoms with Gasteiger partial charge in [0.1, 0.15) is 11.5 Å².